The Morgan fingerprint density at radius 2 is 2.26 bits per heavy atom. The lowest BCUT2D eigenvalue weighted by Crippen LogP contribution is -2.24. The third-order valence-corrected chi connectivity index (χ3v) is 3.99. The smallest absolute Gasteiger partial charge is 0.244 e. The van der Waals surface area contributed by atoms with E-state index in [0.29, 0.717) is 10.8 Å². The molecule has 2 rings (SSSR count). The Labute approximate surface area is 115 Å². The van der Waals surface area contributed by atoms with E-state index in [1.54, 1.807) is 0 Å². The highest BCUT2D eigenvalue weighted by atomic mass is 35.5. The normalized spacial score (nSPS) is 11.5. The van der Waals surface area contributed by atoms with Crippen LogP contribution in [0.5, 0.6) is 5.75 Å². The second kappa shape index (κ2) is 5.55. The number of rotatable bonds is 5. The molecular formula is C10H11ClN4O3S. The van der Waals surface area contributed by atoms with Gasteiger partial charge in [-0.3, -0.25) is 5.10 Å². The van der Waals surface area contributed by atoms with Crippen LogP contribution in [0, 0.1) is 0 Å². The average molecular weight is 303 g/mol. The standard InChI is InChI=1S/C10H11ClN4O3S/c1-18-8-4-7(11)2-3-9(8)19(16,17)14-5-10-12-6-13-15-10/h2-4,6,14H,5H2,1H3,(H,12,13,15). The van der Waals surface area contributed by atoms with Crippen LogP contribution >= 0.6 is 11.6 Å². The van der Waals surface area contributed by atoms with Crippen molar-refractivity contribution >= 4 is 21.6 Å². The van der Waals surface area contributed by atoms with Crippen LogP contribution in [0.2, 0.25) is 5.02 Å². The highest BCUT2D eigenvalue weighted by molar-refractivity contribution is 7.89. The van der Waals surface area contributed by atoms with Gasteiger partial charge in [0.05, 0.1) is 13.7 Å². The first kappa shape index (κ1) is 13.8. The number of aromatic nitrogens is 3. The monoisotopic (exact) mass is 302 g/mol. The van der Waals surface area contributed by atoms with Gasteiger partial charge >= 0.3 is 0 Å². The van der Waals surface area contributed by atoms with Gasteiger partial charge in [-0.05, 0) is 12.1 Å². The van der Waals surface area contributed by atoms with Gasteiger partial charge in [-0.25, -0.2) is 18.1 Å². The van der Waals surface area contributed by atoms with Crippen molar-refractivity contribution in [2.75, 3.05) is 7.11 Å². The zero-order chi connectivity index (χ0) is 13.9. The van der Waals surface area contributed by atoms with E-state index in [9.17, 15) is 8.42 Å². The first-order chi connectivity index (χ1) is 9.03. The van der Waals surface area contributed by atoms with Gasteiger partial charge in [0.15, 0.2) is 0 Å². The molecule has 2 aromatic rings. The van der Waals surface area contributed by atoms with Crippen LogP contribution in [-0.4, -0.2) is 30.7 Å². The molecule has 102 valence electrons. The third kappa shape index (κ3) is 3.22. The molecule has 0 aliphatic rings. The molecule has 9 heteroatoms. The summed E-state index contributed by atoms with van der Waals surface area (Å²) in [5.41, 5.74) is 0. The van der Waals surface area contributed by atoms with Gasteiger partial charge in [0.1, 0.15) is 22.8 Å². The molecule has 0 saturated carbocycles. The number of benzene rings is 1. The van der Waals surface area contributed by atoms with Crippen molar-refractivity contribution in [3.8, 4) is 5.75 Å². The summed E-state index contributed by atoms with van der Waals surface area (Å²) < 4.78 is 31.6. The predicted octanol–water partition coefficient (Wildman–Crippen LogP) is 0.945. The average Bonchev–Trinajstić information content (AvgIpc) is 2.89. The van der Waals surface area contributed by atoms with Gasteiger partial charge in [0, 0.05) is 11.1 Å². The lowest BCUT2D eigenvalue weighted by Gasteiger charge is -2.10. The van der Waals surface area contributed by atoms with Gasteiger partial charge in [-0.1, -0.05) is 11.6 Å². The third-order valence-electron chi connectivity index (χ3n) is 2.31. The molecule has 0 bridgehead atoms. The minimum atomic E-state index is -3.72. The van der Waals surface area contributed by atoms with Crippen molar-refractivity contribution in [3.63, 3.8) is 0 Å². The molecule has 0 atom stereocenters. The first-order valence-electron chi connectivity index (χ1n) is 5.20. The Hall–Kier alpha value is -1.64. The van der Waals surface area contributed by atoms with Crippen LogP contribution in [0.4, 0.5) is 0 Å². The van der Waals surface area contributed by atoms with Crippen molar-refractivity contribution in [1.82, 2.24) is 19.9 Å². The Balaban J connectivity index is 2.24. The highest BCUT2D eigenvalue weighted by Crippen LogP contribution is 2.26. The Morgan fingerprint density at radius 1 is 1.47 bits per heavy atom. The van der Waals surface area contributed by atoms with Crippen LogP contribution in [0.15, 0.2) is 29.4 Å². The number of hydrogen-bond acceptors (Lipinski definition) is 5. The van der Waals surface area contributed by atoms with Crippen molar-refractivity contribution in [2.45, 2.75) is 11.4 Å². The molecule has 0 unspecified atom stereocenters. The van der Waals surface area contributed by atoms with E-state index < -0.39 is 10.0 Å². The summed E-state index contributed by atoms with van der Waals surface area (Å²) in [6, 6.07) is 4.29. The summed E-state index contributed by atoms with van der Waals surface area (Å²) in [7, 11) is -2.34. The van der Waals surface area contributed by atoms with Gasteiger partial charge in [-0.2, -0.15) is 5.10 Å². The van der Waals surface area contributed by atoms with Gasteiger partial charge in [0.2, 0.25) is 10.0 Å². The molecule has 1 heterocycles. The predicted molar refractivity (Wildman–Crippen MR) is 68.4 cm³/mol. The summed E-state index contributed by atoms with van der Waals surface area (Å²) in [4.78, 5) is 3.84. The van der Waals surface area contributed by atoms with Crippen molar-refractivity contribution in [3.05, 3.63) is 35.4 Å². The molecule has 1 aromatic heterocycles. The summed E-state index contributed by atoms with van der Waals surface area (Å²) >= 11 is 5.79. The lowest BCUT2D eigenvalue weighted by molar-refractivity contribution is 0.402. The zero-order valence-electron chi connectivity index (χ0n) is 9.92. The molecule has 0 saturated heterocycles. The van der Waals surface area contributed by atoms with Gasteiger partial charge in [-0.15, -0.1) is 0 Å². The number of H-pyrrole nitrogens is 1. The molecular weight excluding hydrogens is 292 g/mol. The SMILES string of the molecule is COc1cc(Cl)ccc1S(=O)(=O)NCc1ncn[nH]1. The molecule has 19 heavy (non-hydrogen) atoms. The van der Waals surface area contributed by atoms with Crippen molar-refractivity contribution in [1.29, 1.82) is 0 Å². The van der Waals surface area contributed by atoms with E-state index in [1.165, 1.54) is 31.6 Å². The van der Waals surface area contributed by atoms with Crippen molar-refractivity contribution < 1.29 is 13.2 Å². The number of aromatic amines is 1. The topological polar surface area (TPSA) is 97.0 Å². The maximum atomic E-state index is 12.1. The van der Waals surface area contributed by atoms with E-state index in [4.69, 9.17) is 16.3 Å². The minimum Gasteiger partial charge on any atom is -0.495 e. The number of hydrogen-bond donors (Lipinski definition) is 2. The molecule has 2 N–H and O–H groups in total. The fourth-order valence-electron chi connectivity index (χ4n) is 1.42. The second-order valence-electron chi connectivity index (χ2n) is 3.55. The maximum Gasteiger partial charge on any atom is 0.244 e. The summed E-state index contributed by atoms with van der Waals surface area (Å²) in [5.74, 6) is 0.592. The Morgan fingerprint density at radius 3 is 2.89 bits per heavy atom. The zero-order valence-corrected chi connectivity index (χ0v) is 11.5. The van der Waals surface area contributed by atoms with E-state index in [1.807, 2.05) is 0 Å². The fourth-order valence-corrected chi connectivity index (χ4v) is 2.72. The number of nitrogens with zero attached hydrogens (tertiary/aromatic N) is 2. The molecule has 1 aromatic carbocycles. The van der Waals surface area contributed by atoms with Crippen LogP contribution < -0.4 is 9.46 Å². The number of sulfonamides is 1. The molecule has 0 aliphatic heterocycles. The molecule has 7 nitrogen and oxygen atoms in total. The van der Waals surface area contributed by atoms with Crippen LogP contribution in [0.1, 0.15) is 5.82 Å². The summed E-state index contributed by atoms with van der Waals surface area (Å²) in [6.07, 6.45) is 1.30. The molecule has 0 amide bonds. The van der Waals surface area contributed by atoms with E-state index in [0.717, 1.165) is 0 Å². The lowest BCUT2D eigenvalue weighted by atomic mass is 10.3. The minimum absolute atomic E-state index is 0.00805. The number of nitrogens with one attached hydrogen (secondary N) is 2. The quantitative estimate of drug-likeness (QED) is 0.857. The van der Waals surface area contributed by atoms with Crippen molar-refractivity contribution in [2.24, 2.45) is 0 Å². The van der Waals surface area contributed by atoms with Crippen LogP contribution in [0.3, 0.4) is 0 Å². The summed E-state index contributed by atoms with van der Waals surface area (Å²) in [5, 5.41) is 6.58. The molecule has 0 spiro atoms. The number of ether oxygens (including phenoxy) is 1. The van der Waals surface area contributed by atoms with E-state index in [2.05, 4.69) is 19.9 Å². The molecule has 0 aliphatic carbocycles. The number of halogens is 1. The van der Waals surface area contributed by atoms with E-state index >= 15 is 0 Å². The summed E-state index contributed by atoms with van der Waals surface area (Å²) in [6.45, 7) is 0.00805. The largest absolute Gasteiger partial charge is 0.495 e. The van der Waals surface area contributed by atoms with Gasteiger partial charge in [0.25, 0.3) is 0 Å². The van der Waals surface area contributed by atoms with Crippen LogP contribution in [-0.2, 0) is 16.6 Å². The Bertz CT molecular complexity index is 657. The molecule has 0 radical (unpaired) electrons. The van der Waals surface area contributed by atoms with Crippen LogP contribution in [0.25, 0.3) is 0 Å². The fraction of sp³-hybridized carbons (Fsp3) is 0.200. The second-order valence-corrected chi connectivity index (χ2v) is 5.72. The van der Waals surface area contributed by atoms with E-state index in [-0.39, 0.29) is 17.2 Å². The first-order valence-corrected chi connectivity index (χ1v) is 7.06. The molecule has 0 fully saturated rings. The highest BCUT2D eigenvalue weighted by Gasteiger charge is 2.19. The number of methoxy groups -OCH3 is 1. The van der Waals surface area contributed by atoms with Gasteiger partial charge < -0.3 is 4.74 Å². The Kier molecular flexibility index (Phi) is 4.03. The maximum absolute atomic E-state index is 12.1.